The number of carbonyl (C=O) groups excluding carboxylic acids is 1. The van der Waals surface area contributed by atoms with Crippen LogP contribution in [0, 0.1) is 0 Å². The van der Waals surface area contributed by atoms with Gasteiger partial charge in [-0.15, -0.1) is 16.4 Å². The molecule has 4 rings (SSSR count). The number of rotatable bonds is 7. The number of carboxylic acid groups (broad SMARTS) is 1. The number of hydrogen-bond acceptors (Lipinski definition) is 7. The van der Waals surface area contributed by atoms with Gasteiger partial charge in [-0.3, -0.25) is 19.4 Å². The average molecular weight is 455 g/mol. The van der Waals surface area contributed by atoms with E-state index in [1.54, 1.807) is 16.5 Å². The second-order valence-electron chi connectivity index (χ2n) is 8.01. The van der Waals surface area contributed by atoms with E-state index in [4.69, 9.17) is 5.11 Å². The van der Waals surface area contributed by atoms with E-state index in [1.807, 2.05) is 29.1 Å². The molecule has 1 fully saturated rings. The zero-order chi connectivity index (χ0) is 22.5. The van der Waals surface area contributed by atoms with E-state index in [0.717, 1.165) is 42.2 Å². The Balaban J connectivity index is 1.30. The molecule has 0 radical (unpaired) electrons. The number of carbonyl (C=O) groups is 2. The Morgan fingerprint density at radius 1 is 1.22 bits per heavy atom. The van der Waals surface area contributed by atoms with E-state index < -0.39 is 5.97 Å². The fourth-order valence-corrected chi connectivity index (χ4v) is 4.56. The summed E-state index contributed by atoms with van der Waals surface area (Å²) in [5.41, 5.74) is 2.38. The Hall–Kier alpha value is -3.11. The molecule has 1 unspecified atom stereocenters. The summed E-state index contributed by atoms with van der Waals surface area (Å²) in [5.74, 6) is -0.870. The molecule has 0 bridgehead atoms. The van der Waals surface area contributed by atoms with Gasteiger partial charge in [0.15, 0.2) is 0 Å². The van der Waals surface area contributed by atoms with Crippen LogP contribution in [0.1, 0.15) is 50.7 Å². The topological polar surface area (TPSA) is 104 Å². The van der Waals surface area contributed by atoms with Gasteiger partial charge in [0.2, 0.25) is 0 Å². The quantitative estimate of drug-likeness (QED) is 0.585. The number of aromatic carboxylic acids is 1. The van der Waals surface area contributed by atoms with Crippen molar-refractivity contribution in [2.45, 2.75) is 32.4 Å². The van der Waals surface area contributed by atoms with E-state index in [1.165, 1.54) is 6.07 Å². The molecular weight excluding hydrogens is 428 g/mol. The second-order valence-corrected chi connectivity index (χ2v) is 8.93. The van der Waals surface area contributed by atoms with Crippen molar-refractivity contribution in [2.75, 3.05) is 26.2 Å². The molecule has 9 nitrogen and oxygen atoms in total. The highest BCUT2D eigenvalue weighted by atomic mass is 32.1. The van der Waals surface area contributed by atoms with Crippen molar-refractivity contribution < 1.29 is 14.7 Å². The summed E-state index contributed by atoms with van der Waals surface area (Å²) in [6, 6.07) is 7.38. The lowest BCUT2D eigenvalue weighted by Gasteiger charge is -2.21. The Morgan fingerprint density at radius 2 is 2.09 bits per heavy atom. The van der Waals surface area contributed by atoms with Gasteiger partial charge in [-0.25, -0.2) is 4.79 Å². The number of aromatic nitrogens is 4. The maximum absolute atomic E-state index is 12.8. The summed E-state index contributed by atoms with van der Waals surface area (Å²) in [6.07, 6.45) is 4.63. The van der Waals surface area contributed by atoms with Crippen LogP contribution in [-0.4, -0.2) is 72.9 Å². The van der Waals surface area contributed by atoms with Gasteiger partial charge in [0.25, 0.3) is 5.91 Å². The van der Waals surface area contributed by atoms with E-state index >= 15 is 0 Å². The lowest BCUT2D eigenvalue weighted by Crippen LogP contribution is -2.35. The van der Waals surface area contributed by atoms with Crippen LogP contribution in [0.3, 0.4) is 0 Å². The minimum absolute atomic E-state index is 0.106. The first kappa shape index (κ1) is 22.1. The largest absolute Gasteiger partial charge is 0.477 e. The number of nitrogens with zero attached hydrogens (tertiary/aromatic N) is 6. The van der Waals surface area contributed by atoms with Crippen molar-refractivity contribution in [1.29, 1.82) is 0 Å². The number of pyridine rings is 1. The van der Waals surface area contributed by atoms with Crippen LogP contribution < -0.4 is 0 Å². The van der Waals surface area contributed by atoms with Gasteiger partial charge in [-0.05, 0) is 24.6 Å². The highest BCUT2D eigenvalue weighted by Crippen LogP contribution is 2.18. The van der Waals surface area contributed by atoms with Crippen molar-refractivity contribution in [3.05, 3.63) is 63.9 Å². The van der Waals surface area contributed by atoms with Gasteiger partial charge in [0.1, 0.15) is 4.88 Å². The van der Waals surface area contributed by atoms with Crippen molar-refractivity contribution in [2.24, 2.45) is 0 Å². The molecule has 1 aliphatic rings. The van der Waals surface area contributed by atoms with E-state index in [2.05, 4.69) is 27.1 Å². The van der Waals surface area contributed by atoms with Crippen LogP contribution in [-0.2, 0) is 13.1 Å². The maximum Gasteiger partial charge on any atom is 0.345 e. The maximum atomic E-state index is 12.8. The standard InChI is InChI=1S/C22H26N6O3S/c1-16(19-5-2-3-6-23-19)12-28-14-18(24-25-28)13-26-7-4-8-27(10-9-26)21(29)17-11-20(22(30)31)32-15-17/h2-3,5-6,11,14-16H,4,7-10,12-13H2,1H3,(H,30,31). The van der Waals surface area contributed by atoms with Crippen LogP contribution in [0.25, 0.3) is 0 Å². The van der Waals surface area contributed by atoms with Crippen LogP contribution in [0.5, 0.6) is 0 Å². The van der Waals surface area contributed by atoms with Gasteiger partial charge in [0.05, 0.1) is 17.8 Å². The summed E-state index contributed by atoms with van der Waals surface area (Å²) in [6.45, 7) is 6.37. The van der Waals surface area contributed by atoms with E-state index in [9.17, 15) is 9.59 Å². The zero-order valence-electron chi connectivity index (χ0n) is 17.9. The predicted octanol–water partition coefficient (Wildman–Crippen LogP) is 2.58. The molecule has 1 N–H and O–H groups in total. The molecule has 3 aromatic rings. The molecule has 4 heterocycles. The van der Waals surface area contributed by atoms with Crippen molar-refractivity contribution in [3.8, 4) is 0 Å². The van der Waals surface area contributed by atoms with Crippen LogP contribution in [0.4, 0.5) is 0 Å². The third-order valence-electron chi connectivity index (χ3n) is 5.56. The summed E-state index contributed by atoms with van der Waals surface area (Å²) in [5, 5.41) is 19.3. The SMILES string of the molecule is CC(Cn1cc(CN2CCCN(C(=O)c3csc(C(=O)O)c3)CC2)nn1)c1ccccn1. The van der Waals surface area contributed by atoms with Gasteiger partial charge >= 0.3 is 5.97 Å². The van der Waals surface area contributed by atoms with Crippen LogP contribution in [0.2, 0.25) is 0 Å². The Bertz CT molecular complexity index is 1070. The van der Waals surface area contributed by atoms with Crippen molar-refractivity contribution >= 4 is 23.2 Å². The number of amides is 1. The normalized spacial score (nSPS) is 16.0. The van der Waals surface area contributed by atoms with Crippen LogP contribution >= 0.6 is 11.3 Å². The lowest BCUT2D eigenvalue weighted by molar-refractivity contribution is 0.0702. The molecule has 0 aliphatic carbocycles. The molecule has 0 spiro atoms. The molecule has 1 aliphatic heterocycles. The van der Waals surface area contributed by atoms with Crippen molar-refractivity contribution in [3.63, 3.8) is 0 Å². The predicted molar refractivity (Wildman–Crippen MR) is 120 cm³/mol. The number of hydrogen-bond donors (Lipinski definition) is 1. The molecule has 3 aromatic heterocycles. The van der Waals surface area contributed by atoms with Gasteiger partial charge in [-0.2, -0.15) is 0 Å². The molecule has 32 heavy (non-hydrogen) atoms. The molecule has 168 valence electrons. The smallest absolute Gasteiger partial charge is 0.345 e. The molecule has 1 amide bonds. The summed E-state index contributed by atoms with van der Waals surface area (Å²) in [7, 11) is 0. The minimum atomic E-state index is -1.00. The molecule has 0 aromatic carbocycles. The third kappa shape index (κ3) is 5.38. The summed E-state index contributed by atoms with van der Waals surface area (Å²) >= 11 is 1.08. The fraction of sp³-hybridized carbons (Fsp3) is 0.409. The molecule has 1 saturated heterocycles. The molecular formula is C22H26N6O3S. The Morgan fingerprint density at radius 3 is 2.84 bits per heavy atom. The van der Waals surface area contributed by atoms with E-state index in [0.29, 0.717) is 31.7 Å². The minimum Gasteiger partial charge on any atom is -0.477 e. The highest BCUT2D eigenvalue weighted by molar-refractivity contribution is 7.12. The average Bonchev–Trinajstić information content (AvgIpc) is 3.40. The molecule has 1 atom stereocenters. The Labute approximate surface area is 190 Å². The van der Waals surface area contributed by atoms with Crippen LogP contribution in [0.15, 0.2) is 42.0 Å². The summed E-state index contributed by atoms with van der Waals surface area (Å²) < 4.78 is 1.86. The van der Waals surface area contributed by atoms with Gasteiger partial charge < -0.3 is 10.0 Å². The van der Waals surface area contributed by atoms with E-state index in [-0.39, 0.29) is 16.7 Å². The first-order valence-corrected chi connectivity index (χ1v) is 11.5. The van der Waals surface area contributed by atoms with Gasteiger partial charge in [-0.1, -0.05) is 18.2 Å². The summed E-state index contributed by atoms with van der Waals surface area (Å²) in [4.78, 5) is 32.5. The lowest BCUT2D eigenvalue weighted by atomic mass is 10.1. The third-order valence-corrected chi connectivity index (χ3v) is 6.48. The monoisotopic (exact) mass is 454 g/mol. The highest BCUT2D eigenvalue weighted by Gasteiger charge is 2.22. The van der Waals surface area contributed by atoms with Crippen molar-refractivity contribution in [1.82, 2.24) is 29.8 Å². The fourth-order valence-electron chi connectivity index (χ4n) is 3.85. The first-order valence-electron chi connectivity index (χ1n) is 10.6. The first-order chi connectivity index (χ1) is 15.5. The molecule has 10 heteroatoms. The number of carboxylic acids is 1. The molecule has 0 saturated carbocycles. The number of thiophene rings is 1. The zero-order valence-corrected chi connectivity index (χ0v) is 18.7. The van der Waals surface area contributed by atoms with Gasteiger partial charge in [0, 0.05) is 62.1 Å². The Kier molecular flexibility index (Phi) is 6.91. The second kappa shape index (κ2) is 10.0.